The number of hydrogen-bond acceptors (Lipinski definition) is 5. The number of nitrogens with one attached hydrogen (secondary N) is 1. The van der Waals surface area contributed by atoms with Crippen molar-refractivity contribution in [2.75, 3.05) is 6.61 Å². The predicted molar refractivity (Wildman–Crippen MR) is 101 cm³/mol. The van der Waals surface area contributed by atoms with E-state index in [4.69, 9.17) is 4.74 Å². The average molecular weight is 384 g/mol. The number of carbonyl (C=O) groups is 2. The molecular weight excluding hydrogens is 367 g/mol. The summed E-state index contributed by atoms with van der Waals surface area (Å²) < 4.78 is 17.9. The van der Waals surface area contributed by atoms with E-state index in [2.05, 4.69) is 10.3 Å². The Morgan fingerprint density at radius 1 is 1.11 bits per heavy atom. The molecule has 1 amide bonds. The fourth-order valence-electron chi connectivity index (χ4n) is 2.34. The van der Waals surface area contributed by atoms with Crippen molar-refractivity contribution in [1.29, 1.82) is 0 Å². The van der Waals surface area contributed by atoms with Gasteiger partial charge in [-0.15, -0.1) is 11.3 Å². The van der Waals surface area contributed by atoms with Crippen LogP contribution in [-0.2, 0) is 16.1 Å². The zero-order valence-electron chi connectivity index (χ0n) is 14.6. The minimum atomic E-state index is -0.580. The summed E-state index contributed by atoms with van der Waals surface area (Å²) in [6.45, 7) is 1.57. The predicted octanol–water partition coefficient (Wildman–Crippen LogP) is 3.73. The molecular formula is C20H17FN2O3S. The molecule has 1 heterocycles. The van der Waals surface area contributed by atoms with Crippen LogP contribution in [0.2, 0.25) is 0 Å². The van der Waals surface area contributed by atoms with Gasteiger partial charge in [0.2, 0.25) is 0 Å². The van der Waals surface area contributed by atoms with E-state index in [-0.39, 0.29) is 12.4 Å². The first-order valence-corrected chi connectivity index (χ1v) is 9.05. The molecule has 138 valence electrons. The number of benzene rings is 2. The summed E-state index contributed by atoms with van der Waals surface area (Å²) in [4.78, 5) is 28.9. The molecule has 0 aliphatic carbocycles. The molecule has 1 aromatic heterocycles. The highest BCUT2D eigenvalue weighted by Crippen LogP contribution is 2.28. The molecule has 27 heavy (non-hydrogen) atoms. The van der Waals surface area contributed by atoms with Crippen molar-refractivity contribution in [2.24, 2.45) is 0 Å². The Kier molecular flexibility index (Phi) is 5.93. The van der Waals surface area contributed by atoms with Crippen LogP contribution >= 0.6 is 11.3 Å². The van der Waals surface area contributed by atoms with Crippen LogP contribution in [0.4, 0.5) is 4.39 Å². The van der Waals surface area contributed by atoms with Gasteiger partial charge in [0.1, 0.15) is 15.7 Å². The Labute approximate surface area is 159 Å². The van der Waals surface area contributed by atoms with Gasteiger partial charge in [-0.3, -0.25) is 4.79 Å². The van der Waals surface area contributed by atoms with Gasteiger partial charge < -0.3 is 10.1 Å². The number of halogens is 1. The molecule has 5 nitrogen and oxygen atoms in total. The van der Waals surface area contributed by atoms with Crippen molar-refractivity contribution >= 4 is 23.2 Å². The lowest BCUT2D eigenvalue weighted by molar-refractivity contribution is -0.124. The van der Waals surface area contributed by atoms with E-state index in [9.17, 15) is 14.0 Å². The zero-order valence-corrected chi connectivity index (χ0v) is 15.4. The molecule has 0 fully saturated rings. The van der Waals surface area contributed by atoms with Crippen molar-refractivity contribution < 1.29 is 18.7 Å². The van der Waals surface area contributed by atoms with Crippen molar-refractivity contribution in [2.45, 2.75) is 13.5 Å². The average Bonchev–Trinajstić information content (AvgIpc) is 3.08. The number of esters is 1. The minimum absolute atomic E-state index is 0.231. The first kappa shape index (κ1) is 18.7. The van der Waals surface area contributed by atoms with E-state index in [1.165, 1.54) is 23.5 Å². The number of nitrogens with zero attached hydrogens (tertiary/aromatic N) is 1. The second-order valence-electron chi connectivity index (χ2n) is 5.78. The Bertz CT molecular complexity index is 940. The fourth-order valence-corrected chi connectivity index (χ4v) is 3.31. The van der Waals surface area contributed by atoms with Gasteiger partial charge in [-0.25, -0.2) is 14.2 Å². The SMILES string of the molecule is Cc1nc(-c2ccccc2)sc1C(=O)OCC(=O)NCc1ccc(F)cc1. The summed E-state index contributed by atoms with van der Waals surface area (Å²) in [6, 6.07) is 15.3. The van der Waals surface area contributed by atoms with Crippen molar-refractivity contribution in [3.05, 3.63) is 76.5 Å². The molecule has 2 aromatic carbocycles. The van der Waals surface area contributed by atoms with Gasteiger partial charge in [0, 0.05) is 12.1 Å². The van der Waals surface area contributed by atoms with Crippen LogP contribution in [0.25, 0.3) is 10.6 Å². The highest BCUT2D eigenvalue weighted by molar-refractivity contribution is 7.17. The van der Waals surface area contributed by atoms with Crippen LogP contribution in [0.5, 0.6) is 0 Å². The second-order valence-corrected chi connectivity index (χ2v) is 6.78. The number of ether oxygens (including phenoxy) is 1. The summed E-state index contributed by atoms with van der Waals surface area (Å²) >= 11 is 1.23. The number of aryl methyl sites for hydroxylation is 1. The molecule has 0 bridgehead atoms. The molecule has 0 unspecified atom stereocenters. The molecule has 0 saturated heterocycles. The van der Waals surface area contributed by atoms with E-state index in [1.54, 1.807) is 19.1 Å². The normalized spacial score (nSPS) is 10.4. The van der Waals surface area contributed by atoms with Crippen molar-refractivity contribution in [3.63, 3.8) is 0 Å². The lowest BCUT2D eigenvalue weighted by Gasteiger charge is -2.06. The molecule has 7 heteroatoms. The van der Waals surface area contributed by atoms with E-state index in [0.29, 0.717) is 10.6 Å². The first-order valence-electron chi connectivity index (χ1n) is 8.24. The Morgan fingerprint density at radius 3 is 2.52 bits per heavy atom. The summed E-state index contributed by atoms with van der Waals surface area (Å²) in [5, 5.41) is 3.34. The molecule has 0 aliphatic rings. The van der Waals surface area contributed by atoms with Crippen molar-refractivity contribution in [1.82, 2.24) is 10.3 Å². The monoisotopic (exact) mass is 384 g/mol. The van der Waals surface area contributed by atoms with Crippen LogP contribution in [0.3, 0.4) is 0 Å². The summed E-state index contributed by atoms with van der Waals surface area (Å²) in [7, 11) is 0. The Balaban J connectivity index is 1.54. The van der Waals surface area contributed by atoms with Gasteiger partial charge in [0.25, 0.3) is 5.91 Å². The maximum atomic E-state index is 12.9. The quantitative estimate of drug-likeness (QED) is 0.658. The highest BCUT2D eigenvalue weighted by atomic mass is 32.1. The lowest BCUT2D eigenvalue weighted by Crippen LogP contribution is -2.28. The molecule has 3 aromatic rings. The number of thiazole rings is 1. The Hall–Kier alpha value is -3.06. The first-order chi connectivity index (χ1) is 13.0. The maximum absolute atomic E-state index is 12.9. The van der Waals surface area contributed by atoms with E-state index in [1.807, 2.05) is 30.3 Å². The molecule has 3 rings (SSSR count). The molecule has 0 saturated carbocycles. The van der Waals surface area contributed by atoms with Crippen LogP contribution < -0.4 is 5.32 Å². The third kappa shape index (κ3) is 4.98. The van der Waals surface area contributed by atoms with Gasteiger partial charge in [0.05, 0.1) is 5.69 Å². The zero-order chi connectivity index (χ0) is 19.2. The summed E-state index contributed by atoms with van der Waals surface area (Å²) in [5.74, 6) is -1.35. The second kappa shape index (κ2) is 8.55. The van der Waals surface area contributed by atoms with Gasteiger partial charge in [-0.2, -0.15) is 0 Å². The molecule has 0 atom stereocenters. The van der Waals surface area contributed by atoms with Gasteiger partial charge in [-0.05, 0) is 24.6 Å². The van der Waals surface area contributed by atoms with E-state index in [0.717, 1.165) is 16.1 Å². The molecule has 0 aliphatic heterocycles. The number of aromatic nitrogens is 1. The largest absolute Gasteiger partial charge is 0.451 e. The third-order valence-electron chi connectivity index (χ3n) is 3.74. The van der Waals surface area contributed by atoms with E-state index < -0.39 is 18.5 Å². The van der Waals surface area contributed by atoms with Crippen LogP contribution in [0, 0.1) is 12.7 Å². The van der Waals surface area contributed by atoms with Gasteiger partial charge in [-0.1, -0.05) is 42.5 Å². The van der Waals surface area contributed by atoms with Gasteiger partial charge in [0.15, 0.2) is 6.61 Å². The van der Waals surface area contributed by atoms with Crippen LogP contribution in [0.15, 0.2) is 54.6 Å². The van der Waals surface area contributed by atoms with E-state index >= 15 is 0 Å². The third-order valence-corrected chi connectivity index (χ3v) is 4.93. The minimum Gasteiger partial charge on any atom is -0.451 e. The fraction of sp³-hybridized carbons (Fsp3) is 0.150. The van der Waals surface area contributed by atoms with Crippen LogP contribution in [0.1, 0.15) is 20.9 Å². The lowest BCUT2D eigenvalue weighted by atomic mass is 10.2. The standard InChI is InChI=1S/C20H17FN2O3S/c1-13-18(27-19(23-13)15-5-3-2-4-6-15)20(25)26-12-17(24)22-11-14-7-9-16(21)10-8-14/h2-10H,11-12H2,1H3,(H,22,24). The Morgan fingerprint density at radius 2 is 1.81 bits per heavy atom. The molecule has 0 spiro atoms. The maximum Gasteiger partial charge on any atom is 0.350 e. The number of amides is 1. The topological polar surface area (TPSA) is 68.3 Å². The van der Waals surface area contributed by atoms with Crippen LogP contribution in [-0.4, -0.2) is 23.5 Å². The number of hydrogen-bond donors (Lipinski definition) is 1. The number of rotatable bonds is 6. The molecule has 0 radical (unpaired) electrons. The van der Waals surface area contributed by atoms with Gasteiger partial charge >= 0.3 is 5.97 Å². The molecule has 1 N–H and O–H groups in total. The summed E-state index contributed by atoms with van der Waals surface area (Å²) in [6.07, 6.45) is 0. The highest BCUT2D eigenvalue weighted by Gasteiger charge is 2.18. The summed E-state index contributed by atoms with van der Waals surface area (Å²) in [5.41, 5.74) is 2.24. The van der Waals surface area contributed by atoms with Crippen molar-refractivity contribution in [3.8, 4) is 10.6 Å². The smallest absolute Gasteiger partial charge is 0.350 e. The number of carbonyl (C=O) groups excluding carboxylic acids is 2.